The second-order valence-electron chi connectivity index (χ2n) is 9.74. The second-order valence-corrected chi connectivity index (χ2v) is 11.5. The predicted molar refractivity (Wildman–Crippen MR) is 144 cm³/mol. The third kappa shape index (κ3) is 6.96. The Bertz CT molecular complexity index is 1240. The number of β-lactam (4-membered cyclic amide) rings is 2. The van der Waals surface area contributed by atoms with Crippen LogP contribution in [0.25, 0.3) is 0 Å². The number of nitrogens with zero attached hydrogens (tertiary/aromatic N) is 2. The number of phenols is 1. The van der Waals surface area contributed by atoms with Crippen molar-refractivity contribution in [3.05, 3.63) is 41.7 Å². The van der Waals surface area contributed by atoms with E-state index < -0.39 is 64.3 Å². The van der Waals surface area contributed by atoms with Crippen LogP contribution in [0.2, 0.25) is 0 Å². The minimum atomic E-state index is -1.39. The van der Waals surface area contributed by atoms with E-state index in [2.05, 4.69) is 5.32 Å². The predicted octanol–water partition coefficient (Wildman–Crippen LogP) is -4.13. The van der Waals surface area contributed by atoms with Crippen LogP contribution < -0.4 is 67.5 Å². The first kappa shape index (κ1) is 37.8. The molecule has 4 aliphatic heterocycles. The molecule has 0 spiro atoms. The van der Waals surface area contributed by atoms with Crippen LogP contribution in [0.4, 0.5) is 0 Å². The number of amides is 3. The summed E-state index contributed by atoms with van der Waals surface area (Å²) >= 11 is 1.35. The van der Waals surface area contributed by atoms with Gasteiger partial charge in [-0.2, -0.15) is 0 Å². The molecule has 4 heterocycles. The molecule has 16 heteroatoms. The van der Waals surface area contributed by atoms with E-state index in [0.717, 1.165) is 4.90 Å². The van der Waals surface area contributed by atoms with Crippen molar-refractivity contribution in [3.8, 4) is 5.75 Å². The second kappa shape index (κ2) is 14.5. The first-order valence-corrected chi connectivity index (χ1v) is 12.7. The number of fused-ring (bicyclic) bond motifs is 2. The first-order chi connectivity index (χ1) is 18.3. The molecule has 3 amide bonds. The zero-order chi connectivity index (χ0) is 28.8. The number of rotatable bonds is 6. The molecule has 226 valence electrons. The Hall–Kier alpha value is -2.18. The summed E-state index contributed by atoms with van der Waals surface area (Å²) in [5.41, 5.74) is 6.41. The number of phenolic OH excluding ortho intramolecular Hbond substituents is 1. The molecule has 1 aromatic rings. The Morgan fingerprint density at radius 1 is 1.21 bits per heavy atom. The van der Waals surface area contributed by atoms with Crippen LogP contribution >= 0.6 is 11.8 Å². The van der Waals surface area contributed by atoms with Crippen molar-refractivity contribution in [2.75, 3.05) is 6.61 Å². The molecule has 0 aromatic heterocycles. The van der Waals surface area contributed by atoms with Crippen molar-refractivity contribution in [2.45, 2.75) is 75.6 Å². The standard InChI is InChI=1S/C16H19N3O5S.C8H9NO5.2CH4.K/c1-16(2)11(15(23)24)19-13(22)10(14(19)25-16)18-12(21)9(17)7-3-5-8(20)6-4-7;10-2-1-4-7(8(12)13)9-5(11)3-6(9)14-4;;;/h3-6,9-11,14,20H,17H2,1-2H3,(H,18,21)(H,23,24);1,6-7,10H,2-3H2,(H,12,13);2*1H4;/q;;;;+1/p-1. The van der Waals surface area contributed by atoms with Crippen molar-refractivity contribution in [1.29, 1.82) is 0 Å². The molecule has 14 nitrogen and oxygen atoms in total. The number of carbonyl (C=O) groups excluding carboxylic acids is 4. The van der Waals surface area contributed by atoms with E-state index in [1.165, 1.54) is 47.0 Å². The fourth-order valence-electron chi connectivity index (χ4n) is 4.87. The Morgan fingerprint density at radius 2 is 1.81 bits per heavy atom. The number of nitrogens with one attached hydrogen (secondary N) is 1. The fraction of sp³-hybridized carbons (Fsp3) is 0.500. The zero-order valence-electron chi connectivity index (χ0n) is 21.8. The van der Waals surface area contributed by atoms with Crippen LogP contribution in [-0.2, 0) is 28.7 Å². The van der Waals surface area contributed by atoms with Gasteiger partial charge in [0.2, 0.25) is 17.7 Å². The molecule has 6 N–H and O–H groups in total. The summed E-state index contributed by atoms with van der Waals surface area (Å²) in [5, 5.41) is 40.2. The van der Waals surface area contributed by atoms with Crippen molar-refractivity contribution in [1.82, 2.24) is 15.1 Å². The van der Waals surface area contributed by atoms with Gasteiger partial charge in [-0.05, 0) is 37.6 Å². The summed E-state index contributed by atoms with van der Waals surface area (Å²) in [5.74, 6) is -3.51. The number of aliphatic hydroxyl groups is 1. The third-order valence-corrected chi connectivity index (χ3v) is 8.36. The Kier molecular flexibility index (Phi) is 13.1. The number of carboxylic acid groups (broad SMARTS) is 2. The van der Waals surface area contributed by atoms with Gasteiger partial charge in [0.25, 0.3) is 0 Å². The average molecular weight is 635 g/mol. The number of aromatic hydroxyl groups is 1. The molecule has 1 aromatic carbocycles. The molecule has 0 saturated carbocycles. The summed E-state index contributed by atoms with van der Waals surface area (Å²) in [6.07, 6.45) is 0.918. The Balaban J connectivity index is 0.000000446. The maximum Gasteiger partial charge on any atom is 1.00 e. The number of aliphatic carboxylic acids is 2. The molecule has 4 aliphatic rings. The number of carbonyl (C=O) groups is 5. The minimum absolute atomic E-state index is 0. The van der Waals surface area contributed by atoms with E-state index in [9.17, 15) is 39.3 Å². The largest absolute Gasteiger partial charge is 1.00 e. The van der Waals surface area contributed by atoms with Gasteiger partial charge in [-0.1, -0.05) is 27.0 Å². The molecule has 0 aliphatic carbocycles. The third-order valence-electron chi connectivity index (χ3n) is 6.79. The summed E-state index contributed by atoms with van der Waals surface area (Å²) in [4.78, 5) is 60.3. The van der Waals surface area contributed by atoms with Gasteiger partial charge < -0.3 is 45.9 Å². The monoisotopic (exact) mass is 634 g/mol. The summed E-state index contributed by atoms with van der Waals surface area (Å²) in [6.45, 7) is 3.21. The van der Waals surface area contributed by atoms with E-state index >= 15 is 0 Å². The SMILES string of the molecule is C.C.CC1(C)SC2C(NC(=O)C(N)c3ccc(O)cc3)C(=O)N2C1C(=O)O.O=C([O-])C1C(=CCO)OC2CC(=O)N21.[K+]. The number of aliphatic hydroxyl groups excluding tert-OH is 1. The molecule has 4 fully saturated rings. The van der Waals surface area contributed by atoms with Crippen molar-refractivity contribution >= 4 is 41.4 Å². The number of ether oxygens (including phenoxy) is 1. The number of nitrogens with two attached hydrogens (primary N) is 1. The zero-order valence-corrected chi connectivity index (χ0v) is 25.8. The summed E-state index contributed by atoms with van der Waals surface area (Å²) < 4.78 is 4.48. The molecular weight excluding hydrogens is 599 g/mol. The van der Waals surface area contributed by atoms with E-state index in [1.807, 2.05) is 0 Å². The van der Waals surface area contributed by atoms with Crippen molar-refractivity contribution in [3.63, 3.8) is 0 Å². The van der Waals surface area contributed by atoms with E-state index in [4.69, 9.17) is 15.6 Å². The molecule has 5 rings (SSSR count). The quantitative estimate of drug-likeness (QED) is 0.149. The van der Waals surface area contributed by atoms with Gasteiger partial charge in [-0.15, -0.1) is 11.8 Å². The molecule has 42 heavy (non-hydrogen) atoms. The smallest absolute Gasteiger partial charge is 0.547 e. The molecule has 4 saturated heterocycles. The van der Waals surface area contributed by atoms with Gasteiger partial charge in [-0.3, -0.25) is 19.3 Å². The van der Waals surface area contributed by atoms with E-state index in [-0.39, 0.29) is 96.7 Å². The van der Waals surface area contributed by atoms with Gasteiger partial charge in [0.1, 0.15) is 41.0 Å². The summed E-state index contributed by atoms with van der Waals surface area (Å²) in [7, 11) is 0. The van der Waals surface area contributed by atoms with E-state index in [1.54, 1.807) is 13.8 Å². The number of hydrogen-bond donors (Lipinski definition) is 5. The van der Waals surface area contributed by atoms with Crippen LogP contribution in [0.1, 0.15) is 46.7 Å². The Labute approximate surface area is 290 Å². The minimum Gasteiger partial charge on any atom is -0.547 e. The number of benzene rings is 1. The van der Waals surface area contributed by atoms with Crippen LogP contribution in [0.3, 0.4) is 0 Å². The van der Waals surface area contributed by atoms with Crippen molar-refractivity contribution < 1.29 is 101 Å². The molecule has 6 unspecified atom stereocenters. The molecular formula is C26H35KN4O10S. The number of carboxylic acids is 2. The van der Waals surface area contributed by atoms with Gasteiger partial charge in [0.05, 0.1) is 19.0 Å². The van der Waals surface area contributed by atoms with Crippen LogP contribution in [-0.4, -0.2) is 95.9 Å². The van der Waals surface area contributed by atoms with Crippen LogP contribution in [0.5, 0.6) is 5.75 Å². The normalized spacial score (nSPS) is 27.5. The van der Waals surface area contributed by atoms with Gasteiger partial charge in [0, 0.05) is 4.75 Å². The number of thioether (sulfide) groups is 1. The summed E-state index contributed by atoms with van der Waals surface area (Å²) in [6, 6.07) is 2.03. The van der Waals surface area contributed by atoms with Crippen LogP contribution in [0.15, 0.2) is 36.1 Å². The van der Waals surface area contributed by atoms with Gasteiger partial charge in [0.15, 0.2) is 6.23 Å². The van der Waals surface area contributed by atoms with Crippen molar-refractivity contribution in [2.24, 2.45) is 5.73 Å². The molecule has 0 bridgehead atoms. The maximum absolute atomic E-state index is 12.3. The first-order valence-electron chi connectivity index (χ1n) is 11.9. The van der Waals surface area contributed by atoms with Gasteiger partial charge in [-0.25, -0.2) is 4.79 Å². The fourth-order valence-corrected chi connectivity index (χ4v) is 6.49. The number of hydrogen-bond acceptors (Lipinski definition) is 11. The topological polar surface area (TPSA) is 223 Å². The average Bonchev–Trinajstić information content (AvgIpc) is 3.31. The van der Waals surface area contributed by atoms with Gasteiger partial charge >= 0.3 is 57.4 Å². The maximum atomic E-state index is 12.3. The molecule has 0 radical (unpaired) electrons. The van der Waals surface area contributed by atoms with Crippen LogP contribution in [0, 0.1) is 0 Å². The van der Waals surface area contributed by atoms with E-state index in [0.29, 0.717) is 5.56 Å². The molecule has 6 atom stereocenters. The Morgan fingerprint density at radius 3 is 2.31 bits per heavy atom.